The van der Waals surface area contributed by atoms with Crippen molar-refractivity contribution in [2.45, 2.75) is 5.85 Å². The van der Waals surface area contributed by atoms with Crippen molar-refractivity contribution < 1.29 is 33.1 Å². The van der Waals surface area contributed by atoms with E-state index in [1.165, 1.54) is 0 Å². The Balaban J connectivity index is 4.30. The zero-order valence-electron chi connectivity index (χ0n) is 11.8. The van der Waals surface area contributed by atoms with Crippen LogP contribution in [-0.2, 0) is 18.6 Å². The number of carbonyl (C=O) groups is 1. The molecule has 0 aliphatic rings. The highest BCUT2D eigenvalue weighted by Crippen LogP contribution is 2.41. The molecule has 0 spiro atoms. The SMILES string of the molecule is [2H]OC(C[N+](C)(C)C)P(=O)([O-])OCCOC(=O)C=C. The summed E-state index contributed by atoms with van der Waals surface area (Å²) in [7, 11) is 0.925. The first-order valence-electron chi connectivity index (χ1n) is 5.70. The van der Waals surface area contributed by atoms with E-state index in [9.17, 15) is 14.3 Å². The molecule has 0 heterocycles. The predicted octanol–water partition coefficient (Wildman–Crippen LogP) is -0.690. The van der Waals surface area contributed by atoms with Crippen LogP contribution in [0.3, 0.4) is 0 Å². The number of rotatable bonds is 9. The normalized spacial score (nSPS) is 17.4. The van der Waals surface area contributed by atoms with Crippen molar-refractivity contribution in [1.82, 2.24) is 0 Å². The summed E-state index contributed by atoms with van der Waals surface area (Å²) in [5, 5.41) is 4.20. The van der Waals surface area contributed by atoms with Gasteiger partial charge in [-0.2, -0.15) is 0 Å². The van der Waals surface area contributed by atoms with Gasteiger partial charge >= 0.3 is 5.97 Å². The molecule has 0 aliphatic carbocycles. The summed E-state index contributed by atoms with van der Waals surface area (Å²) in [6.45, 7) is 2.72. The molecule has 7 nitrogen and oxygen atoms in total. The fourth-order valence-corrected chi connectivity index (χ4v) is 2.20. The molecule has 0 aromatic rings. The van der Waals surface area contributed by atoms with Gasteiger partial charge in [0.15, 0.2) is 13.4 Å². The van der Waals surface area contributed by atoms with E-state index in [1.807, 2.05) is 0 Å². The van der Waals surface area contributed by atoms with Gasteiger partial charge in [0.05, 0.1) is 27.7 Å². The minimum atomic E-state index is -4.36. The monoisotopic (exact) mass is 282 g/mol. The molecule has 1 N–H and O–H groups in total. The molecule has 106 valence electrons. The Hall–Kier alpha value is -0.720. The minimum Gasteiger partial charge on any atom is -0.777 e. The van der Waals surface area contributed by atoms with Gasteiger partial charge in [-0.05, 0) is 0 Å². The molecule has 0 saturated heterocycles. The highest BCUT2D eigenvalue weighted by Gasteiger charge is 2.26. The standard InChI is InChI=1S/C10H20NO6P/c1-5-9(12)16-6-7-17-18(14,15)10(13)8-11(2,3)4/h5,10,13H,1,6-8H2,2-4H3/i13D. The van der Waals surface area contributed by atoms with E-state index in [-0.39, 0.29) is 19.8 Å². The molecule has 0 amide bonds. The quantitative estimate of drug-likeness (QED) is 0.198. The molecule has 2 atom stereocenters. The van der Waals surface area contributed by atoms with Crippen molar-refractivity contribution in [3.63, 3.8) is 0 Å². The first kappa shape index (κ1) is 15.3. The van der Waals surface area contributed by atoms with Gasteiger partial charge in [-0.15, -0.1) is 0 Å². The van der Waals surface area contributed by atoms with E-state index in [1.54, 1.807) is 21.1 Å². The van der Waals surface area contributed by atoms with Crippen molar-refractivity contribution in [3.05, 3.63) is 12.7 Å². The number of carbonyl (C=O) groups excluding carboxylic acids is 1. The third kappa shape index (κ3) is 7.58. The maximum atomic E-state index is 11.7. The smallest absolute Gasteiger partial charge is 0.330 e. The second-order valence-electron chi connectivity index (χ2n) is 4.67. The van der Waals surface area contributed by atoms with Gasteiger partial charge in [-0.25, -0.2) is 4.79 Å². The van der Waals surface area contributed by atoms with Gasteiger partial charge < -0.3 is 28.3 Å². The van der Waals surface area contributed by atoms with Crippen LogP contribution in [0, 0.1) is 0 Å². The lowest BCUT2D eigenvalue weighted by atomic mass is 10.5. The van der Waals surface area contributed by atoms with Crippen molar-refractivity contribution in [3.8, 4) is 0 Å². The maximum absolute atomic E-state index is 11.7. The van der Waals surface area contributed by atoms with Gasteiger partial charge in [0.25, 0.3) is 0 Å². The molecular formula is C10H20NO6P. The van der Waals surface area contributed by atoms with Gasteiger partial charge in [-0.3, -0.25) is 0 Å². The molecule has 0 saturated carbocycles. The minimum absolute atomic E-state index is 0.0662. The highest BCUT2D eigenvalue weighted by atomic mass is 31.2. The van der Waals surface area contributed by atoms with Crippen molar-refractivity contribution in [1.29, 1.82) is 1.43 Å². The number of ether oxygens (including phenoxy) is 1. The second kappa shape index (κ2) is 7.01. The van der Waals surface area contributed by atoms with E-state index < -0.39 is 19.4 Å². The maximum Gasteiger partial charge on any atom is 0.330 e. The lowest BCUT2D eigenvalue weighted by molar-refractivity contribution is -0.872. The number of nitrogens with zero attached hydrogens (tertiary/aromatic N) is 1. The summed E-state index contributed by atoms with van der Waals surface area (Å²) in [4.78, 5) is 22.5. The Morgan fingerprint density at radius 1 is 1.61 bits per heavy atom. The summed E-state index contributed by atoms with van der Waals surface area (Å²) in [5.74, 6) is -2.04. The fraction of sp³-hybridized carbons (Fsp3) is 0.700. The third-order valence-corrected chi connectivity index (χ3v) is 3.23. The van der Waals surface area contributed by atoms with Gasteiger partial charge in [0.1, 0.15) is 13.2 Å². The van der Waals surface area contributed by atoms with Crippen LogP contribution >= 0.6 is 7.60 Å². The summed E-state index contributed by atoms with van der Waals surface area (Å²) in [6, 6.07) is 0. The molecule has 0 fully saturated rings. The number of aliphatic hydroxyl groups excluding tert-OH is 1. The van der Waals surface area contributed by atoms with Crippen LogP contribution in [0.1, 0.15) is 0 Å². The second-order valence-corrected chi connectivity index (χ2v) is 6.59. The first-order chi connectivity index (χ1) is 8.62. The summed E-state index contributed by atoms with van der Waals surface area (Å²) < 4.78 is 28.1. The Morgan fingerprint density at radius 2 is 2.22 bits per heavy atom. The van der Waals surface area contributed by atoms with Gasteiger partial charge in [0, 0.05) is 6.08 Å². The van der Waals surface area contributed by atoms with E-state index in [0.717, 1.165) is 6.08 Å². The highest BCUT2D eigenvalue weighted by molar-refractivity contribution is 7.51. The number of quaternary nitrogens is 1. The van der Waals surface area contributed by atoms with Crippen LogP contribution < -0.4 is 4.89 Å². The summed E-state index contributed by atoms with van der Waals surface area (Å²) in [6.07, 6.45) is 0.962. The molecule has 0 rings (SSSR count). The Bertz CT molecular complexity index is 356. The number of aliphatic hydroxyl groups is 1. The molecular weight excluding hydrogens is 261 g/mol. The lowest BCUT2D eigenvalue weighted by Crippen LogP contribution is -2.42. The van der Waals surface area contributed by atoms with Crippen molar-refractivity contribution >= 4 is 13.6 Å². The molecule has 2 unspecified atom stereocenters. The zero-order chi connectivity index (χ0) is 15.1. The lowest BCUT2D eigenvalue weighted by Gasteiger charge is -2.33. The summed E-state index contributed by atoms with van der Waals surface area (Å²) in [5.41, 5.74) is 0. The molecule has 0 aromatic heterocycles. The van der Waals surface area contributed by atoms with E-state index in [0.29, 0.717) is 4.48 Å². The van der Waals surface area contributed by atoms with Crippen LogP contribution in [0.2, 0.25) is 0 Å². The third-order valence-electron chi connectivity index (χ3n) is 1.82. The largest absolute Gasteiger partial charge is 0.777 e. The number of hydrogen-bond donors (Lipinski definition) is 1. The molecule has 18 heavy (non-hydrogen) atoms. The van der Waals surface area contributed by atoms with E-state index >= 15 is 0 Å². The summed E-state index contributed by atoms with van der Waals surface area (Å²) >= 11 is 0. The van der Waals surface area contributed by atoms with E-state index in [4.69, 9.17) is 1.43 Å². The Labute approximate surface area is 108 Å². The zero-order valence-corrected chi connectivity index (χ0v) is 11.7. The fourth-order valence-electron chi connectivity index (χ4n) is 1.02. The van der Waals surface area contributed by atoms with E-state index in [2.05, 4.69) is 20.9 Å². The van der Waals surface area contributed by atoms with Crippen LogP contribution in [0.25, 0.3) is 0 Å². The molecule has 0 aliphatic heterocycles. The van der Waals surface area contributed by atoms with Gasteiger partial charge in [0.2, 0.25) is 1.43 Å². The van der Waals surface area contributed by atoms with Gasteiger partial charge in [-0.1, -0.05) is 6.58 Å². The predicted molar refractivity (Wildman–Crippen MR) is 63.6 cm³/mol. The molecule has 0 bridgehead atoms. The average molecular weight is 282 g/mol. The van der Waals surface area contributed by atoms with Crippen LogP contribution in [0.4, 0.5) is 0 Å². The number of hydrogen-bond acceptors (Lipinski definition) is 6. The molecule has 0 aromatic carbocycles. The Kier molecular flexibility index (Phi) is 5.98. The Morgan fingerprint density at radius 3 is 2.67 bits per heavy atom. The molecule has 0 radical (unpaired) electrons. The van der Waals surface area contributed by atoms with Crippen molar-refractivity contribution in [2.24, 2.45) is 0 Å². The van der Waals surface area contributed by atoms with Crippen LogP contribution in [0.5, 0.6) is 0 Å². The number of likely N-dealkylation sites (N-methyl/N-ethyl adjacent to an activating group) is 1. The number of esters is 1. The average Bonchev–Trinajstić information content (AvgIpc) is 2.30. The topological polar surface area (TPSA) is 95.9 Å². The van der Waals surface area contributed by atoms with Crippen LogP contribution in [0.15, 0.2) is 12.7 Å². The van der Waals surface area contributed by atoms with Crippen molar-refractivity contribution in [2.75, 3.05) is 40.9 Å². The molecule has 8 heteroatoms. The van der Waals surface area contributed by atoms with Crippen LogP contribution in [-0.4, -0.2) is 63.7 Å². The first-order valence-corrected chi connectivity index (χ1v) is 6.90.